The van der Waals surface area contributed by atoms with Crippen LogP contribution in [0.5, 0.6) is 0 Å². The highest BCUT2D eigenvalue weighted by Crippen LogP contribution is 2.34. The summed E-state index contributed by atoms with van der Waals surface area (Å²) in [6.07, 6.45) is -3.63. The van der Waals surface area contributed by atoms with Crippen molar-refractivity contribution in [1.29, 1.82) is 0 Å². The van der Waals surface area contributed by atoms with Crippen LogP contribution in [0.4, 0.5) is 17.6 Å². The molecule has 0 aliphatic rings. The summed E-state index contributed by atoms with van der Waals surface area (Å²) in [5.41, 5.74) is -1.39. The van der Waals surface area contributed by atoms with E-state index in [0.717, 1.165) is 6.20 Å². The van der Waals surface area contributed by atoms with Crippen LogP contribution in [-0.4, -0.2) is 16.1 Å². The zero-order valence-electron chi connectivity index (χ0n) is 9.03. The van der Waals surface area contributed by atoms with Crippen molar-refractivity contribution < 1.29 is 27.5 Å². The molecule has 0 bridgehead atoms. The smallest absolute Gasteiger partial charge is 0.416 e. The van der Waals surface area contributed by atoms with Gasteiger partial charge in [0.25, 0.3) is 0 Å². The number of aromatic nitrogens is 1. The number of aromatic carboxylic acids is 1. The molecular formula is C11H5F4NO2S. The van der Waals surface area contributed by atoms with Crippen molar-refractivity contribution >= 4 is 17.3 Å². The summed E-state index contributed by atoms with van der Waals surface area (Å²) in [4.78, 5) is 14.1. The Morgan fingerprint density at radius 3 is 2.53 bits per heavy atom. The first-order valence-corrected chi connectivity index (χ1v) is 5.67. The topological polar surface area (TPSA) is 50.2 Å². The molecule has 0 aliphatic heterocycles. The molecule has 19 heavy (non-hydrogen) atoms. The Bertz CT molecular complexity index is 636. The molecule has 1 N–H and O–H groups in total. The predicted molar refractivity (Wildman–Crippen MR) is 59.5 cm³/mol. The number of rotatable bonds is 2. The number of benzene rings is 1. The van der Waals surface area contributed by atoms with Gasteiger partial charge in [-0.15, -0.1) is 11.3 Å². The number of halogens is 4. The number of carboxylic acids is 1. The van der Waals surface area contributed by atoms with Gasteiger partial charge in [0.2, 0.25) is 0 Å². The SMILES string of the molecule is O=C(O)c1cnc(-c2cc(C(F)(F)F)ccc2F)s1. The molecular weight excluding hydrogens is 286 g/mol. The third-order valence-corrected chi connectivity index (χ3v) is 3.26. The summed E-state index contributed by atoms with van der Waals surface area (Å²) >= 11 is 0.610. The van der Waals surface area contributed by atoms with E-state index in [4.69, 9.17) is 5.11 Å². The normalized spacial score (nSPS) is 11.6. The van der Waals surface area contributed by atoms with Gasteiger partial charge in [-0.3, -0.25) is 0 Å². The zero-order valence-corrected chi connectivity index (χ0v) is 9.85. The molecule has 3 nitrogen and oxygen atoms in total. The Labute approximate surface area is 108 Å². The number of carbonyl (C=O) groups is 1. The Morgan fingerprint density at radius 1 is 1.32 bits per heavy atom. The molecule has 0 saturated carbocycles. The fourth-order valence-electron chi connectivity index (χ4n) is 1.36. The molecule has 2 rings (SSSR count). The maximum atomic E-state index is 13.5. The van der Waals surface area contributed by atoms with Gasteiger partial charge in [0.05, 0.1) is 11.8 Å². The summed E-state index contributed by atoms with van der Waals surface area (Å²) in [6, 6.07) is 1.91. The number of thiazole rings is 1. The molecule has 1 aromatic carbocycles. The van der Waals surface area contributed by atoms with E-state index >= 15 is 0 Å². The summed E-state index contributed by atoms with van der Waals surface area (Å²) in [6.45, 7) is 0. The van der Waals surface area contributed by atoms with E-state index < -0.39 is 23.5 Å². The second kappa shape index (κ2) is 4.61. The highest BCUT2D eigenvalue weighted by Gasteiger charge is 2.31. The number of alkyl halides is 3. The van der Waals surface area contributed by atoms with Gasteiger partial charge >= 0.3 is 12.1 Å². The van der Waals surface area contributed by atoms with Crippen LogP contribution in [0.15, 0.2) is 24.4 Å². The molecule has 2 aromatic rings. The molecule has 100 valence electrons. The third kappa shape index (κ3) is 2.73. The van der Waals surface area contributed by atoms with Crippen LogP contribution >= 0.6 is 11.3 Å². The predicted octanol–water partition coefficient (Wildman–Crippen LogP) is 3.67. The van der Waals surface area contributed by atoms with E-state index in [1.54, 1.807) is 0 Å². The second-order valence-corrected chi connectivity index (χ2v) is 4.56. The standard InChI is InChI=1S/C11H5F4NO2S/c12-7-2-1-5(11(13,14)15)3-6(7)9-16-4-8(19-9)10(17)18/h1-4H,(H,17,18). The van der Waals surface area contributed by atoms with Crippen LogP contribution in [0.2, 0.25) is 0 Å². The highest BCUT2D eigenvalue weighted by molar-refractivity contribution is 7.16. The van der Waals surface area contributed by atoms with Crippen molar-refractivity contribution in [3.63, 3.8) is 0 Å². The number of carboxylic acid groups (broad SMARTS) is 1. The van der Waals surface area contributed by atoms with Gasteiger partial charge in [-0.1, -0.05) is 0 Å². The molecule has 0 radical (unpaired) electrons. The van der Waals surface area contributed by atoms with E-state index in [2.05, 4.69) is 4.98 Å². The van der Waals surface area contributed by atoms with Gasteiger partial charge in [-0.2, -0.15) is 13.2 Å². The average Bonchev–Trinajstić information content (AvgIpc) is 2.77. The molecule has 0 aliphatic carbocycles. The Kier molecular flexibility index (Phi) is 3.27. The quantitative estimate of drug-likeness (QED) is 0.859. The Hall–Kier alpha value is -1.96. The van der Waals surface area contributed by atoms with Gasteiger partial charge in [0.1, 0.15) is 15.7 Å². The van der Waals surface area contributed by atoms with Crippen molar-refractivity contribution in [2.24, 2.45) is 0 Å². The lowest BCUT2D eigenvalue weighted by Gasteiger charge is -2.08. The lowest BCUT2D eigenvalue weighted by atomic mass is 10.1. The van der Waals surface area contributed by atoms with Crippen molar-refractivity contribution in [3.05, 3.63) is 40.7 Å². The lowest BCUT2D eigenvalue weighted by Crippen LogP contribution is -2.05. The van der Waals surface area contributed by atoms with E-state index in [9.17, 15) is 22.4 Å². The van der Waals surface area contributed by atoms with Crippen LogP contribution in [0.25, 0.3) is 10.6 Å². The first-order chi connectivity index (χ1) is 8.79. The molecule has 0 saturated heterocycles. The van der Waals surface area contributed by atoms with Crippen LogP contribution < -0.4 is 0 Å². The van der Waals surface area contributed by atoms with E-state index in [1.165, 1.54) is 0 Å². The van der Waals surface area contributed by atoms with Crippen molar-refractivity contribution in [2.75, 3.05) is 0 Å². The molecule has 0 atom stereocenters. The summed E-state index contributed by atoms with van der Waals surface area (Å²) in [5.74, 6) is -2.16. The number of hydrogen-bond acceptors (Lipinski definition) is 3. The second-order valence-electron chi connectivity index (χ2n) is 3.53. The molecule has 0 fully saturated rings. The van der Waals surface area contributed by atoms with E-state index in [-0.39, 0.29) is 15.4 Å². The van der Waals surface area contributed by atoms with Gasteiger partial charge in [-0.05, 0) is 18.2 Å². The highest BCUT2D eigenvalue weighted by atomic mass is 32.1. The average molecular weight is 291 g/mol. The maximum Gasteiger partial charge on any atom is 0.416 e. The minimum Gasteiger partial charge on any atom is -0.477 e. The summed E-state index contributed by atoms with van der Waals surface area (Å²) < 4.78 is 51.1. The Balaban J connectivity index is 2.51. The number of hydrogen-bond donors (Lipinski definition) is 1. The largest absolute Gasteiger partial charge is 0.477 e. The Morgan fingerprint density at radius 2 is 2.00 bits per heavy atom. The minimum absolute atomic E-state index is 0.110. The zero-order chi connectivity index (χ0) is 14.2. The van der Waals surface area contributed by atoms with Crippen LogP contribution in [-0.2, 0) is 6.18 Å². The van der Waals surface area contributed by atoms with Crippen molar-refractivity contribution in [1.82, 2.24) is 4.98 Å². The lowest BCUT2D eigenvalue weighted by molar-refractivity contribution is -0.137. The van der Waals surface area contributed by atoms with Gasteiger partial charge < -0.3 is 5.11 Å². The molecule has 1 heterocycles. The van der Waals surface area contributed by atoms with Gasteiger partial charge in [-0.25, -0.2) is 14.2 Å². The fraction of sp³-hybridized carbons (Fsp3) is 0.0909. The monoisotopic (exact) mass is 291 g/mol. The summed E-state index contributed by atoms with van der Waals surface area (Å²) in [7, 11) is 0. The fourth-order valence-corrected chi connectivity index (χ4v) is 2.14. The van der Waals surface area contributed by atoms with E-state index in [1.807, 2.05) is 0 Å². The number of nitrogens with zero attached hydrogens (tertiary/aromatic N) is 1. The molecule has 8 heteroatoms. The molecule has 0 unspecified atom stereocenters. The van der Waals surface area contributed by atoms with Crippen molar-refractivity contribution in [2.45, 2.75) is 6.18 Å². The van der Waals surface area contributed by atoms with Crippen LogP contribution in [0, 0.1) is 5.82 Å². The van der Waals surface area contributed by atoms with Crippen molar-refractivity contribution in [3.8, 4) is 10.6 Å². The maximum absolute atomic E-state index is 13.5. The van der Waals surface area contributed by atoms with Gasteiger partial charge in [0.15, 0.2) is 0 Å². The first kappa shape index (κ1) is 13.5. The third-order valence-electron chi connectivity index (χ3n) is 2.24. The van der Waals surface area contributed by atoms with Crippen LogP contribution in [0.3, 0.4) is 0 Å². The van der Waals surface area contributed by atoms with Gasteiger partial charge in [0, 0.05) is 5.56 Å². The van der Waals surface area contributed by atoms with E-state index in [0.29, 0.717) is 29.5 Å². The van der Waals surface area contributed by atoms with Crippen LogP contribution in [0.1, 0.15) is 15.2 Å². The summed E-state index contributed by atoms with van der Waals surface area (Å²) in [5, 5.41) is 8.58. The molecule has 0 amide bonds. The minimum atomic E-state index is -4.60. The molecule has 1 aromatic heterocycles. The first-order valence-electron chi connectivity index (χ1n) is 4.85. The molecule has 0 spiro atoms.